The molecule has 2 saturated heterocycles. The van der Waals surface area contributed by atoms with Crippen LogP contribution in [-0.2, 0) is 24.5 Å². The van der Waals surface area contributed by atoms with Gasteiger partial charge in [-0.3, -0.25) is 4.79 Å². The van der Waals surface area contributed by atoms with Crippen molar-refractivity contribution in [2.24, 2.45) is 11.1 Å². The first-order valence-electron chi connectivity index (χ1n) is 7.67. The Balaban J connectivity index is 2.00. The van der Waals surface area contributed by atoms with Crippen LogP contribution in [0.5, 0.6) is 0 Å². The van der Waals surface area contributed by atoms with Crippen molar-refractivity contribution >= 4 is 33.8 Å². The zero-order chi connectivity index (χ0) is 17.0. The molecule has 2 rings (SSSR count). The maximum absolute atomic E-state index is 12.7. The number of rotatable bonds is 4. The standard InChI is InChI=1S/C13H23N3O5S2/c1-2-21-13(18)11-9-22-8-7-16(11)12(17)10-3-5-15(6-4-10)23(14,19)20/h10-11H,2-9H2,1H3,(H2,14,19,20). The summed E-state index contributed by atoms with van der Waals surface area (Å²) in [6.07, 6.45) is 0.850. The van der Waals surface area contributed by atoms with Gasteiger partial charge in [0.25, 0.3) is 10.2 Å². The number of piperidine rings is 1. The van der Waals surface area contributed by atoms with E-state index in [1.807, 2.05) is 0 Å². The van der Waals surface area contributed by atoms with Crippen molar-refractivity contribution in [1.82, 2.24) is 9.21 Å². The van der Waals surface area contributed by atoms with E-state index in [1.165, 1.54) is 4.31 Å². The molecule has 0 bridgehead atoms. The molecule has 0 aliphatic carbocycles. The number of hydrogen-bond donors (Lipinski definition) is 1. The molecule has 0 aromatic carbocycles. The van der Waals surface area contributed by atoms with E-state index in [1.54, 1.807) is 23.6 Å². The van der Waals surface area contributed by atoms with E-state index < -0.39 is 16.3 Å². The van der Waals surface area contributed by atoms with Crippen LogP contribution >= 0.6 is 11.8 Å². The predicted molar refractivity (Wildman–Crippen MR) is 86.9 cm³/mol. The normalized spacial score (nSPS) is 24.4. The molecule has 10 heteroatoms. The lowest BCUT2D eigenvalue weighted by atomic mass is 9.96. The third kappa shape index (κ3) is 4.59. The molecule has 1 unspecified atom stereocenters. The van der Waals surface area contributed by atoms with Gasteiger partial charge in [-0.2, -0.15) is 24.5 Å². The van der Waals surface area contributed by atoms with Gasteiger partial charge in [0.15, 0.2) is 0 Å². The highest BCUT2D eigenvalue weighted by Crippen LogP contribution is 2.25. The van der Waals surface area contributed by atoms with Crippen LogP contribution in [0.1, 0.15) is 19.8 Å². The lowest BCUT2D eigenvalue weighted by molar-refractivity contribution is -0.155. The summed E-state index contributed by atoms with van der Waals surface area (Å²) in [5, 5.41) is 5.11. The number of amides is 1. The van der Waals surface area contributed by atoms with Crippen molar-refractivity contribution in [2.45, 2.75) is 25.8 Å². The van der Waals surface area contributed by atoms with E-state index >= 15 is 0 Å². The maximum Gasteiger partial charge on any atom is 0.329 e. The van der Waals surface area contributed by atoms with Crippen molar-refractivity contribution in [3.05, 3.63) is 0 Å². The fourth-order valence-corrected chi connectivity index (χ4v) is 4.64. The number of esters is 1. The van der Waals surface area contributed by atoms with Crippen LogP contribution < -0.4 is 5.14 Å². The molecule has 2 aliphatic rings. The molecule has 2 aliphatic heterocycles. The molecule has 23 heavy (non-hydrogen) atoms. The van der Waals surface area contributed by atoms with Gasteiger partial charge in [-0.15, -0.1) is 0 Å². The average Bonchev–Trinajstić information content (AvgIpc) is 2.54. The fourth-order valence-electron chi connectivity index (χ4n) is 2.89. The molecule has 0 aromatic rings. The fraction of sp³-hybridized carbons (Fsp3) is 0.846. The lowest BCUT2D eigenvalue weighted by Gasteiger charge is -2.38. The van der Waals surface area contributed by atoms with Crippen LogP contribution in [0.25, 0.3) is 0 Å². The molecule has 0 aromatic heterocycles. The Kier molecular flexibility index (Phi) is 6.29. The zero-order valence-electron chi connectivity index (χ0n) is 13.1. The summed E-state index contributed by atoms with van der Waals surface area (Å²) in [6, 6.07) is -0.544. The van der Waals surface area contributed by atoms with Gasteiger partial charge < -0.3 is 9.64 Å². The first kappa shape index (κ1) is 18.5. The monoisotopic (exact) mass is 365 g/mol. The van der Waals surface area contributed by atoms with Gasteiger partial charge in [0.05, 0.1) is 6.61 Å². The summed E-state index contributed by atoms with van der Waals surface area (Å²) < 4.78 is 28.9. The molecule has 2 heterocycles. The molecule has 0 radical (unpaired) electrons. The second-order valence-electron chi connectivity index (χ2n) is 5.59. The van der Waals surface area contributed by atoms with E-state index in [4.69, 9.17) is 9.88 Å². The van der Waals surface area contributed by atoms with Gasteiger partial charge in [-0.1, -0.05) is 0 Å². The van der Waals surface area contributed by atoms with Crippen molar-refractivity contribution in [1.29, 1.82) is 0 Å². The van der Waals surface area contributed by atoms with Gasteiger partial charge in [0.2, 0.25) is 5.91 Å². The summed E-state index contributed by atoms with van der Waals surface area (Å²) in [5.74, 6) is 0.610. The first-order valence-corrected chi connectivity index (χ1v) is 10.3. The highest BCUT2D eigenvalue weighted by molar-refractivity contribution is 7.99. The minimum atomic E-state index is -3.70. The quantitative estimate of drug-likeness (QED) is 0.667. The van der Waals surface area contributed by atoms with Gasteiger partial charge in [-0.25, -0.2) is 9.93 Å². The lowest BCUT2D eigenvalue weighted by Crippen LogP contribution is -2.54. The van der Waals surface area contributed by atoms with Crippen LogP contribution in [0, 0.1) is 5.92 Å². The number of carbonyl (C=O) groups is 2. The molecular weight excluding hydrogens is 342 g/mol. The number of ether oxygens (including phenoxy) is 1. The predicted octanol–water partition coefficient (Wildman–Crippen LogP) is -0.591. The number of nitrogens with two attached hydrogens (primary N) is 1. The summed E-state index contributed by atoms with van der Waals surface area (Å²) in [6.45, 7) is 3.02. The summed E-state index contributed by atoms with van der Waals surface area (Å²) in [4.78, 5) is 26.4. The Bertz CT molecular complexity index is 546. The Morgan fingerprint density at radius 1 is 1.26 bits per heavy atom. The smallest absolute Gasteiger partial charge is 0.329 e. The van der Waals surface area contributed by atoms with Crippen LogP contribution in [0.3, 0.4) is 0 Å². The number of thioether (sulfide) groups is 1. The highest BCUT2D eigenvalue weighted by Gasteiger charge is 2.38. The van der Waals surface area contributed by atoms with Gasteiger partial charge in [0.1, 0.15) is 6.04 Å². The molecule has 2 fully saturated rings. The molecule has 1 atom stereocenters. The Hall–Kier alpha value is -0.840. The van der Waals surface area contributed by atoms with Crippen molar-refractivity contribution in [3.63, 3.8) is 0 Å². The molecule has 0 spiro atoms. The number of hydrogen-bond acceptors (Lipinski definition) is 6. The highest BCUT2D eigenvalue weighted by atomic mass is 32.2. The minimum absolute atomic E-state index is 0.0857. The SMILES string of the molecule is CCOC(=O)C1CSCCN1C(=O)C1CCN(S(N)(=O)=O)CC1. The Labute approximate surface area is 140 Å². The van der Waals surface area contributed by atoms with Gasteiger partial charge >= 0.3 is 5.97 Å². The molecule has 2 N–H and O–H groups in total. The minimum Gasteiger partial charge on any atom is -0.464 e. The molecular formula is C13H23N3O5S2. The second kappa shape index (κ2) is 7.82. The van der Waals surface area contributed by atoms with Crippen LogP contribution in [0.2, 0.25) is 0 Å². The van der Waals surface area contributed by atoms with E-state index in [0.717, 1.165) is 5.75 Å². The average molecular weight is 365 g/mol. The third-order valence-corrected chi connectivity index (χ3v) is 6.24. The molecule has 0 saturated carbocycles. The van der Waals surface area contributed by atoms with Crippen molar-refractivity contribution < 1.29 is 22.7 Å². The third-order valence-electron chi connectivity index (χ3n) is 4.13. The van der Waals surface area contributed by atoms with Crippen molar-refractivity contribution in [3.8, 4) is 0 Å². The van der Waals surface area contributed by atoms with Gasteiger partial charge in [-0.05, 0) is 19.8 Å². The summed E-state index contributed by atoms with van der Waals surface area (Å²) >= 11 is 1.63. The molecule has 1 amide bonds. The Morgan fingerprint density at radius 3 is 2.48 bits per heavy atom. The van der Waals surface area contributed by atoms with Crippen LogP contribution in [-0.4, -0.2) is 73.3 Å². The Morgan fingerprint density at radius 2 is 1.91 bits per heavy atom. The van der Waals surface area contributed by atoms with E-state index in [-0.39, 0.29) is 37.5 Å². The first-order chi connectivity index (χ1) is 10.8. The molecule has 8 nitrogen and oxygen atoms in total. The number of nitrogens with zero attached hydrogens (tertiary/aromatic N) is 2. The van der Waals surface area contributed by atoms with E-state index in [9.17, 15) is 18.0 Å². The largest absolute Gasteiger partial charge is 0.464 e. The van der Waals surface area contributed by atoms with Crippen LogP contribution in [0.4, 0.5) is 0 Å². The van der Waals surface area contributed by atoms with Crippen molar-refractivity contribution in [2.75, 3.05) is 37.7 Å². The van der Waals surface area contributed by atoms with E-state index in [0.29, 0.717) is 25.1 Å². The van der Waals surface area contributed by atoms with E-state index in [2.05, 4.69) is 0 Å². The zero-order valence-corrected chi connectivity index (χ0v) is 14.8. The summed E-state index contributed by atoms with van der Waals surface area (Å²) in [5.41, 5.74) is 0. The maximum atomic E-state index is 12.7. The summed E-state index contributed by atoms with van der Waals surface area (Å²) in [7, 11) is -3.70. The second-order valence-corrected chi connectivity index (χ2v) is 8.29. The molecule has 132 valence electrons. The van der Waals surface area contributed by atoms with Crippen LogP contribution in [0.15, 0.2) is 0 Å². The number of carbonyl (C=O) groups excluding carboxylic acids is 2. The topological polar surface area (TPSA) is 110 Å². The van der Waals surface area contributed by atoms with Gasteiger partial charge in [0, 0.05) is 37.1 Å².